The maximum atomic E-state index is 10.3. The maximum absolute atomic E-state index is 10.3. The Kier molecular flexibility index (Phi) is 7.82. The molecule has 1 aliphatic carbocycles. The molecule has 0 fully saturated rings. The number of allylic oxidation sites excluding steroid dienone is 4. The summed E-state index contributed by atoms with van der Waals surface area (Å²) in [5, 5.41) is 0. The van der Waals surface area contributed by atoms with E-state index in [2.05, 4.69) is 0 Å². The molecule has 0 N–H and O–H groups in total. The van der Waals surface area contributed by atoms with Gasteiger partial charge in [-0.15, -0.1) is 0 Å². The van der Waals surface area contributed by atoms with E-state index in [0.29, 0.717) is 0 Å². The van der Waals surface area contributed by atoms with E-state index < -0.39 is 0 Å². The van der Waals surface area contributed by atoms with Gasteiger partial charge in [0.25, 0.3) is 0 Å². The SMILES string of the molecule is O=C1C=CC(=O)C=C1.[NaH].c1ccccc1. The first-order valence-corrected chi connectivity index (χ1v) is 4.23. The molecule has 0 saturated carbocycles. The van der Waals surface area contributed by atoms with Crippen LogP contribution in [0.1, 0.15) is 0 Å². The summed E-state index contributed by atoms with van der Waals surface area (Å²) in [4.78, 5) is 20.6. The van der Waals surface area contributed by atoms with Gasteiger partial charge < -0.3 is 0 Å². The van der Waals surface area contributed by atoms with Gasteiger partial charge in [0, 0.05) is 0 Å². The Morgan fingerprint density at radius 3 is 0.933 bits per heavy atom. The maximum Gasteiger partial charge on any atom is -0.0623 e. The van der Waals surface area contributed by atoms with Crippen LogP contribution in [0.2, 0.25) is 0 Å². The number of carbonyl (C=O) groups excluding carboxylic acids is 2. The van der Waals surface area contributed by atoms with Crippen LogP contribution in [0.3, 0.4) is 0 Å². The average molecular weight is 210 g/mol. The van der Waals surface area contributed by atoms with E-state index in [9.17, 15) is 9.59 Å². The van der Waals surface area contributed by atoms with E-state index >= 15 is 0 Å². The van der Waals surface area contributed by atoms with Gasteiger partial charge in [-0.2, -0.15) is 0 Å². The minimum absolute atomic E-state index is 0. The number of carbonyl (C=O) groups is 2. The molecule has 0 saturated heterocycles. The van der Waals surface area contributed by atoms with Crippen LogP contribution in [0.15, 0.2) is 60.7 Å². The van der Waals surface area contributed by atoms with Crippen LogP contribution in [0.4, 0.5) is 0 Å². The molecule has 0 aliphatic heterocycles. The molecule has 0 amide bonds. The van der Waals surface area contributed by atoms with Crippen LogP contribution in [0, 0.1) is 0 Å². The second kappa shape index (κ2) is 8.36. The van der Waals surface area contributed by atoms with Gasteiger partial charge in [0.1, 0.15) is 0 Å². The normalized spacial score (nSPS) is 12.5. The largest absolute Gasteiger partial charge is 0.0623 e. The van der Waals surface area contributed by atoms with E-state index in [4.69, 9.17) is 0 Å². The zero-order valence-electron chi connectivity index (χ0n) is 7.59. The van der Waals surface area contributed by atoms with Crippen molar-refractivity contribution in [3.8, 4) is 0 Å². The van der Waals surface area contributed by atoms with E-state index in [1.54, 1.807) is 0 Å². The van der Waals surface area contributed by atoms with Crippen LogP contribution < -0.4 is 0 Å². The van der Waals surface area contributed by atoms with Gasteiger partial charge in [-0.3, -0.25) is 9.59 Å². The summed E-state index contributed by atoms with van der Waals surface area (Å²) in [6.07, 6.45) is 5.01. The summed E-state index contributed by atoms with van der Waals surface area (Å²) >= 11 is 0. The van der Waals surface area contributed by atoms with Crippen molar-refractivity contribution in [1.82, 2.24) is 0 Å². The Hall–Kier alpha value is -0.960. The fraction of sp³-hybridized carbons (Fsp3) is 0. The molecule has 2 nitrogen and oxygen atoms in total. The predicted octanol–water partition coefficient (Wildman–Crippen LogP) is 1.29. The van der Waals surface area contributed by atoms with Crippen molar-refractivity contribution in [2.75, 3.05) is 0 Å². The topological polar surface area (TPSA) is 34.1 Å². The van der Waals surface area contributed by atoms with Crippen molar-refractivity contribution in [3.63, 3.8) is 0 Å². The van der Waals surface area contributed by atoms with Crippen LogP contribution in [-0.2, 0) is 9.59 Å². The molecule has 0 unspecified atom stereocenters. The zero-order valence-corrected chi connectivity index (χ0v) is 7.59. The predicted molar refractivity (Wildman–Crippen MR) is 61.9 cm³/mol. The second-order valence-corrected chi connectivity index (χ2v) is 2.63. The quantitative estimate of drug-likeness (QED) is 0.477. The molecular weight excluding hydrogens is 199 g/mol. The summed E-state index contributed by atoms with van der Waals surface area (Å²) in [5.41, 5.74) is 0. The van der Waals surface area contributed by atoms with Crippen LogP contribution >= 0.6 is 0 Å². The van der Waals surface area contributed by atoms with E-state index in [0.717, 1.165) is 0 Å². The van der Waals surface area contributed by atoms with Gasteiger partial charge in [-0.1, -0.05) is 36.4 Å². The number of hydrogen-bond donors (Lipinski definition) is 0. The molecule has 0 bridgehead atoms. The fourth-order valence-electron chi connectivity index (χ4n) is 0.825. The van der Waals surface area contributed by atoms with Gasteiger partial charge in [0.15, 0.2) is 11.6 Å². The summed E-state index contributed by atoms with van der Waals surface area (Å²) in [7, 11) is 0. The van der Waals surface area contributed by atoms with E-state index in [1.807, 2.05) is 36.4 Å². The fourth-order valence-corrected chi connectivity index (χ4v) is 0.825. The summed E-state index contributed by atoms with van der Waals surface area (Å²) in [5.74, 6) is -0.241. The van der Waals surface area contributed by atoms with Gasteiger partial charge >= 0.3 is 29.6 Å². The third-order valence-corrected chi connectivity index (χ3v) is 1.49. The smallest absolute Gasteiger partial charge is 0.0623 e. The molecule has 15 heavy (non-hydrogen) atoms. The Bertz CT molecular complexity index is 302. The molecule has 1 aromatic carbocycles. The van der Waals surface area contributed by atoms with Gasteiger partial charge in [0.05, 0.1) is 0 Å². The van der Waals surface area contributed by atoms with Crippen LogP contribution in [0.25, 0.3) is 0 Å². The first kappa shape index (κ1) is 14.0. The number of benzene rings is 1. The summed E-state index contributed by atoms with van der Waals surface area (Å²) in [6.45, 7) is 0. The third kappa shape index (κ3) is 7.03. The van der Waals surface area contributed by atoms with Crippen molar-refractivity contribution in [2.24, 2.45) is 0 Å². The first-order valence-electron chi connectivity index (χ1n) is 4.23. The van der Waals surface area contributed by atoms with Crippen LogP contribution in [0.5, 0.6) is 0 Å². The van der Waals surface area contributed by atoms with Gasteiger partial charge in [-0.25, -0.2) is 0 Å². The molecule has 2 rings (SSSR count). The van der Waals surface area contributed by atoms with Gasteiger partial charge in [-0.05, 0) is 24.3 Å². The van der Waals surface area contributed by atoms with Crippen molar-refractivity contribution in [1.29, 1.82) is 0 Å². The Morgan fingerprint density at radius 2 is 0.733 bits per heavy atom. The Morgan fingerprint density at radius 1 is 0.533 bits per heavy atom. The minimum Gasteiger partial charge on any atom is -0.0623 e. The summed E-state index contributed by atoms with van der Waals surface area (Å²) in [6, 6.07) is 12.0. The Balaban J connectivity index is 0.000000253. The van der Waals surface area contributed by atoms with Crippen molar-refractivity contribution in [3.05, 3.63) is 60.7 Å². The molecule has 1 aliphatic rings. The molecule has 0 spiro atoms. The molecule has 0 heterocycles. The molecule has 0 aromatic heterocycles. The summed E-state index contributed by atoms with van der Waals surface area (Å²) < 4.78 is 0. The van der Waals surface area contributed by atoms with Crippen molar-refractivity contribution in [2.45, 2.75) is 0 Å². The Labute approximate surface area is 111 Å². The second-order valence-electron chi connectivity index (χ2n) is 2.63. The van der Waals surface area contributed by atoms with Crippen LogP contribution in [-0.4, -0.2) is 41.1 Å². The monoisotopic (exact) mass is 210 g/mol. The third-order valence-electron chi connectivity index (χ3n) is 1.49. The van der Waals surface area contributed by atoms with Crippen molar-refractivity contribution >= 4 is 41.1 Å². The number of hydrogen-bond acceptors (Lipinski definition) is 2. The molecule has 0 radical (unpaired) electrons. The first-order chi connectivity index (χ1) is 6.79. The minimum atomic E-state index is -0.121. The zero-order chi connectivity index (χ0) is 10.2. The average Bonchev–Trinajstić information content (AvgIpc) is 2.26. The van der Waals surface area contributed by atoms with Crippen molar-refractivity contribution < 1.29 is 9.59 Å². The van der Waals surface area contributed by atoms with E-state index in [1.165, 1.54) is 24.3 Å². The van der Waals surface area contributed by atoms with E-state index in [-0.39, 0.29) is 41.1 Å². The van der Waals surface area contributed by atoms with Gasteiger partial charge in [0.2, 0.25) is 0 Å². The number of rotatable bonds is 0. The molecule has 0 atom stereocenters. The molecule has 1 aromatic rings. The molecule has 72 valence electrons. The molecule has 3 heteroatoms. The number of ketones is 2. The molecular formula is C12H11NaO2. The standard InChI is InChI=1S/C6H4O2.C6H6.Na.H/c7-5-1-2-6(8)4-3-5;1-2-4-6-5-3-1;;/h1-4H;1-6H;;.